The molecule has 136 valence electrons. The van der Waals surface area contributed by atoms with Crippen LogP contribution in [0.1, 0.15) is 29.0 Å². The van der Waals surface area contributed by atoms with Gasteiger partial charge in [0.1, 0.15) is 5.69 Å². The van der Waals surface area contributed by atoms with Crippen molar-refractivity contribution < 1.29 is 9.53 Å². The van der Waals surface area contributed by atoms with Gasteiger partial charge in [-0.25, -0.2) is 4.98 Å². The summed E-state index contributed by atoms with van der Waals surface area (Å²) >= 11 is 0. The first-order valence-corrected chi connectivity index (χ1v) is 9.27. The predicted octanol–water partition coefficient (Wildman–Crippen LogP) is 0.404. The summed E-state index contributed by atoms with van der Waals surface area (Å²) in [6.45, 7) is 7.65. The molecule has 25 heavy (non-hydrogen) atoms. The lowest BCUT2D eigenvalue weighted by atomic mass is 9.99. The van der Waals surface area contributed by atoms with Crippen molar-refractivity contribution in [2.45, 2.75) is 38.0 Å². The Morgan fingerprint density at radius 1 is 1.16 bits per heavy atom. The highest BCUT2D eigenvalue weighted by atomic mass is 16.5. The second-order valence-electron chi connectivity index (χ2n) is 7.45. The van der Waals surface area contributed by atoms with E-state index in [1.54, 1.807) is 12.4 Å². The lowest BCUT2D eigenvalue weighted by Gasteiger charge is -2.39. The van der Waals surface area contributed by atoms with E-state index >= 15 is 0 Å². The Bertz CT molecular complexity index is 614. The van der Waals surface area contributed by atoms with Crippen LogP contribution in [0.15, 0.2) is 12.4 Å². The number of fused-ring (bicyclic) bond motifs is 1. The van der Waals surface area contributed by atoms with E-state index in [1.807, 2.05) is 11.8 Å². The molecule has 0 bridgehead atoms. The molecule has 3 saturated heterocycles. The molecule has 1 amide bonds. The summed E-state index contributed by atoms with van der Waals surface area (Å²) in [5.41, 5.74) is 1.26. The molecule has 3 aliphatic heterocycles. The van der Waals surface area contributed by atoms with E-state index in [2.05, 4.69) is 26.8 Å². The molecule has 0 spiro atoms. The van der Waals surface area contributed by atoms with Crippen molar-refractivity contribution in [1.29, 1.82) is 0 Å². The zero-order valence-corrected chi connectivity index (χ0v) is 15.1. The summed E-state index contributed by atoms with van der Waals surface area (Å²) in [5.74, 6) is -0.00960. The highest BCUT2D eigenvalue weighted by Gasteiger charge is 2.48. The topological polar surface area (TPSA) is 61.8 Å². The summed E-state index contributed by atoms with van der Waals surface area (Å²) in [7, 11) is 2.16. The molecule has 0 radical (unpaired) electrons. The quantitative estimate of drug-likeness (QED) is 0.773. The summed E-state index contributed by atoms with van der Waals surface area (Å²) in [4.78, 5) is 28.4. The molecule has 4 heterocycles. The SMILES string of the molecule is Cc1cnc(C(=O)N2C[C@@H](N3CCN(C)CC3)[C@H]3OCCC[C@H]32)cn1. The third kappa shape index (κ3) is 3.28. The number of rotatable bonds is 2. The van der Waals surface area contributed by atoms with E-state index in [1.165, 1.54) is 0 Å². The zero-order valence-electron chi connectivity index (χ0n) is 15.1. The number of piperazine rings is 1. The highest BCUT2D eigenvalue weighted by molar-refractivity contribution is 5.92. The van der Waals surface area contributed by atoms with Crippen LogP contribution < -0.4 is 0 Å². The van der Waals surface area contributed by atoms with Crippen molar-refractivity contribution in [2.24, 2.45) is 0 Å². The van der Waals surface area contributed by atoms with Crippen molar-refractivity contribution in [3.63, 3.8) is 0 Å². The highest BCUT2D eigenvalue weighted by Crippen LogP contribution is 2.33. The average Bonchev–Trinajstić information content (AvgIpc) is 3.02. The number of nitrogens with zero attached hydrogens (tertiary/aromatic N) is 5. The Morgan fingerprint density at radius 3 is 2.68 bits per heavy atom. The fourth-order valence-corrected chi connectivity index (χ4v) is 4.29. The lowest BCUT2D eigenvalue weighted by Crippen LogP contribution is -2.54. The average molecular weight is 345 g/mol. The molecule has 0 unspecified atom stereocenters. The van der Waals surface area contributed by atoms with Crippen LogP contribution >= 0.6 is 0 Å². The minimum absolute atomic E-state index is 0.00960. The van der Waals surface area contributed by atoms with Crippen molar-refractivity contribution in [1.82, 2.24) is 24.7 Å². The number of hydrogen-bond donors (Lipinski definition) is 0. The van der Waals surface area contributed by atoms with Crippen LogP contribution in [0.4, 0.5) is 0 Å². The first-order chi connectivity index (χ1) is 12.1. The number of aromatic nitrogens is 2. The summed E-state index contributed by atoms with van der Waals surface area (Å²) in [6.07, 6.45) is 5.41. The van der Waals surface area contributed by atoms with E-state index in [0.717, 1.165) is 57.9 Å². The van der Waals surface area contributed by atoms with Gasteiger partial charge in [0, 0.05) is 45.5 Å². The summed E-state index contributed by atoms with van der Waals surface area (Å²) < 4.78 is 6.14. The maximum atomic E-state index is 13.0. The summed E-state index contributed by atoms with van der Waals surface area (Å²) in [5, 5.41) is 0. The maximum absolute atomic E-state index is 13.0. The van der Waals surface area contributed by atoms with Gasteiger partial charge in [0.15, 0.2) is 0 Å². The molecular weight excluding hydrogens is 318 g/mol. The lowest BCUT2D eigenvalue weighted by molar-refractivity contribution is -0.0443. The molecule has 0 aliphatic carbocycles. The molecule has 1 aromatic rings. The van der Waals surface area contributed by atoms with Crippen LogP contribution in [0, 0.1) is 6.92 Å². The zero-order chi connectivity index (χ0) is 17.4. The van der Waals surface area contributed by atoms with E-state index in [-0.39, 0.29) is 18.1 Å². The molecule has 3 atom stereocenters. The van der Waals surface area contributed by atoms with Crippen LogP contribution in [-0.2, 0) is 4.74 Å². The first kappa shape index (κ1) is 16.9. The van der Waals surface area contributed by atoms with Crippen LogP contribution in [0.3, 0.4) is 0 Å². The van der Waals surface area contributed by atoms with E-state index in [4.69, 9.17) is 4.74 Å². The third-order valence-corrected chi connectivity index (χ3v) is 5.76. The number of hydrogen-bond acceptors (Lipinski definition) is 6. The molecular formula is C18H27N5O2. The Balaban J connectivity index is 1.54. The molecule has 3 fully saturated rings. The number of carbonyl (C=O) groups excluding carboxylic acids is 1. The molecule has 3 aliphatic rings. The van der Waals surface area contributed by atoms with E-state index in [9.17, 15) is 4.79 Å². The van der Waals surface area contributed by atoms with Gasteiger partial charge < -0.3 is 14.5 Å². The van der Waals surface area contributed by atoms with Crippen LogP contribution in [0.2, 0.25) is 0 Å². The Morgan fingerprint density at radius 2 is 1.96 bits per heavy atom. The minimum atomic E-state index is -0.00960. The number of ether oxygens (including phenoxy) is 1. The van der Waals surface area contributed by atoms with Gasteiger partial charge in [-0.2, -0.15) is 0 Å². The van der Waals surface area contributed by atoms with Crippen molar-refractivity contribution >= 4 is 5.91 Å². The number of amides is 1. The number of likely N-dealkylation sites (N-methyl/N-ethyl adjacent to an activating group) is 1. The summed E-state index contributed by atoms with van der Waals surface area (Å²) in [6, 6.07) is 0.454. The van der Waals surface area contributed by atoms with Crippen molar-refractivity contribution in [2.75, 3.05) is 46.4 Å². The van der Waals surface area contributed by atoms with E-state index < -0.39 is 0 Å². The van der Waals surface area contributed by atoms with Gasteiger partial charge in [-0.15, -0.1) is 0 Å². The first-order valence-electron chi connectivity index (χ1n) is 9.27. The normalized spacial score (nSPS) is 31.1. The second-order valence-corrected chi connectivity index (χ2v) is 7.45. The van der Waals surface area contributed by atoms with Crippen LogP contribution in [0.5, 0.6) is 0 Å². The minimum Gasteiger partial charge on any atom is -0.374 e. The largest absolute Gasteiger partial charge is 0.374 e. The molecule has 1 aromatic heterocycles. The fraction of sp³-hybridized carbons (Fsp3) is 0.722. The van der Waals surface area contributed by atoms with Gasteiger partial charge in [-0.3, -0.25) is 14.7 Å². The molecule has 4 rings (SSSR count). The molecule has 0 saturated carbocycles. The Kier molecular flexibility index (Phi) is 4.71. The van der Waals surface area contributed by atoms with Gasteiger partial charge in [0.2, 0.25) is 0 Å². The molecule has 7 heteroatoms. The van der Waals surface area contributed by atoms with Gasteiger partial charge in [-0.1, -0.05) is 0 Å². The number of likely N-dealkylation sites (tertiary alicyclic amines) is 1. The van der Waals surface area contributed by atoms with Gasteiger partial charge >= 0.3 is 0 Å². The van der Waals surface area contributed by atoms with Crippen molar-refractivity contribution in [3.05, 3.63) is 23.8 Å². The Hall–Kier alpha value is -1.57. The third-order valence-electron chi connectivity index (χ3n) is 5.76. The van der Waals surface area contributed by atoms with Gasteiger partial charge in [0.25, 0.3) is 5.91 Å². The van der Waals surface area contributed by atoms with Gasteiger partial charge in [-0.05, 0) is 26.8 Å². The van der Waals surface area contributed by atoms with Crippen LogP contribution in [-0.4, -0.2) is 95.1 Å². The number of carbonyl (C=O) groups is 1. The second kappa shape index (κ2) is 6.97. The number of aryl methyl sites for hydroxylation is 1. The van der Waals surface area contributed by atoms with Crippen LogP contribution in [0.25, 0.3) is 0 Å². The smallest absolute Gasteiger partial charge is 0.274 e. The van der Waals surface area contributed by atoms with Gasteiger partial charge in [0.05, 0.1) is 30.1 Å². The molecule has 0 aromatic carbocycles. The predicted molar refractivity (Wildman–Crippen MR) is 93.4 cm³/mol. The standard InChI is InChI=1S/C18H27N5O2/c1-13-10-20-14(11-19-13)18(24)23-12-16(17-15(23)4-3-9-25-17)22-7-5-21(2)6-8-22/h10-11,15-17H,3-9,12H2,1-2H3/t15-,16-,17+/m1/s1. The van der Waals surface area contributed by atoms with E-state index in [0.29, 0.717) is 11.7 Å². The maximum Gasteiger partial charge on any atom is 0.274 e. The molecule has 7 nitrogen and oxygen atoms in total. The Labute approximate surface area is 149 Å². The molecule has 0 N–H and O–H groups in total. The van der Waals surface area contributed by atoms with Crippen molar-refractivity contribution in [3.8, 4) is 0 Å². The fourth-order valence-electron chi connectivity index (χ4n) is 4.29. The monoisotopic (exact) mass is 345 g/mol.